The molecule has 0 spiro atoms. The predicted molar refractivity (Wildman–Crippen MR) is 496 cm³/mol. The van der Waals surface area contributed by atoms with Crippen molar-refractivity contribution in [2.45, 2.75) is 327 Å². The molecule has 0 atom stereocenters. The van der Waals surface area contributed by atoms with Crippen LogP contribution in [0.1, 0.15) is 13.3 Å². The highest BCUT2D eigenvalue weighted by Gasteiger charge is 2.56. The highest BCUT2D eigenvalue weighted by atomic mass is 28.6. The Balaban J connectivity index is 5.80. The summed E-state index contributed by atoms with van der Waals surface area (Å²) >= 11 is 0. The van der Waals surface area contributed by atoms with Gasteiger partial charge in [-0.25, -0.2) is 9.59 Å². The van der Waals surface area contributed by atoms with Crippen LogP contribution >= 0.6 is 0 Å². The Morgan fingerprint density at radius 3 is 0.587 bits per heavy atom. The molecule has 1 N–H and O–H groups in total. The zero-order valence-corrected chi connectivity index (χ0v) is 102. The second kappa shape index (κ2) is 40.4. The van der Waals surface area contributed by atoms with E-state index in [1.165, 1.54) is 0 Å². The van der Waals surface area contributed by atoms with Crippen LogP contribution in [-0.4, -0.2) is 238 Å². The number of carbonyl (C=O) groups is 2. The van der Waals surface area contributed by atoms with Gasteiger partial charge in [0.25, 0.3) is 0 Å². The van der Waals surface area contributed by atoms with Crippen LogP contribution in [0.3, 0.4) is 0 Å². The summed E-state index contributed by atoms with van der Waals surface area (Å²) in [5.74, 6) is -0.506. The molecular weight excluding hydrogens is 1800 g/mol. The van der Waals surface area contributed by atoms with Crippen LogP contribution in [-0.2, 0) is 109 Å². The fraction of sp³-hybridized carbons (Fsp3) is 0.930. The summed E-state index contributed by atoms with van der Waals surface area (Å²) in [6.07, 6.45) is 0.0548. The van der Waals surface area contributed by atoms with Crippen molar-refractivity contribution in [3.63, 3.8) is 0 Å². The molecule has 0 saturated carbocycles. The molecule has 0 heterocycles. The van der Waals surface area contributed by atoms with Crippen molar-refractivity contribution < 1.29 is 114 Å². The first-order chi connectivity index (χ1) is 47.3. The van der Waals surface area contributed by atoms with E-state index in [4.69, 9.17) is 104 Å². The number of ether oxygens (including phenoxy) is 2. The average molecular weight is 1960 g/mol. The number of esters is 1. The Hall–Kier alpha value is 2.77. The molecule has 0 saturated heterocycles. The van der Waals surface area contributed by atoms with Crippen LogP contribution < -0.4 is 5.32 Å². The van der Waals surface area contributed by atoms with E-state index in [1.54, 1.807) is 6.92 Å². The Bertz CT molecular complexity index is 2900. The number of alkyl carbamates (subject to hydrolysis) is 1. The van der Waals surface area contributed by atoms with Crippen molar-refractivity contribution >= 4 is 218 Å². The van der Waals surface area contributed by atoms with Gasteiger partial charge in [0.15, 0.2) is 8.32 Å². The van der Waals surface area contributed by atoms with Gasteiger partial charge in [0.05, 0.1) is 13.2 Å². The summed E-state index contributed by atoms with van der Waals surface area (Å²) in [6, 6.07) is 0.754. The molecule has 0 aromatic rings. The molecule has 650 valence electrons. The lowest BCUT2D eigenvalue weighted by atomic mass is 10.4. The summed E-state index contributed by atoms with van der Waals surface area (Å²) in [5, 5.41) is 2.59. The van der Waals surface area contributed by atoms with Crippen LogP contribution in [0.15, 0.2) is 12.2 Å². The lowest BCUT2D eigenvalue weighted by Crippen LogP contribution is -2.63. The van der Waals surface area contributed by atoms with E-state index in [2.05, 4.69) is 123 Å². The molecule has 0 aliphatic carbocycles. The van der Waals surface area contributed by atoms with Crippen LogP contribution in [0.4, 0.5) is 4.79 Å². The standard InChI is InChI=1S/C57H159NO27Si24/c1-55(2)56(59)61-53-51-58-57(60)62-52-50-54-87(4,5)64-89(8,9)66-91(12,13)68-93(16,17)70-95(20,21)72-97(24,25)74-99(28,29)76-101(32,33)78-103(36,37)80-105(40,41)82-107(44,45)84-109(48,49)85-108(46,47)83-106(42,43)81-104(38,39)79-102(34,35)77-100(30,31)75-98(26,27)73-96(22,23)71-94(18,19)69-92(14,15)67-90(10,11)65-88(6,7)63-86-3/h1,50-54,86H2,2-49H3,(H,58,60). The van der Waals surface area contributed by atoms with Crippen molar-refractivity contribution in [3.8, 4) is 0 Å². The minimum Gasteiger partial charge on any atom is -0.460 e. The molecule has 0 aromatic heterocycles. The van der Waals surface area contributed by atoms with E-state index in [0.717, 1.165) is 6.04 Å². The molecule has 28 nitrogen and oxygen atoms in total. The molecule has 1 amide bonds. The summed E-state index contributed by atoms with van der Waals surface area (Å²) in [5.41, 5.74) is 0.294. The second-order valence-electron chi connectivity index (χ2n) is 38.3. The van der Waals surface area contributed by atoms with Crippen LogP contribution in [0.5, 0.6) is 0 Å². The van der Waals surface area contributed by atoms with Gasteiger partial charge in [0.1, 0.15) is 16.4 Å². The SMILES string of the molecule is C=C(C)C(=O)OCCNC(=O)OCCC[Si](C)(C)O[Si](C)(C)O[Si](C)(C)O[Si](C)(C)O[Si](C)(C)O[Si](C)(C)O[Si](C)(C)O[Si](C)(C)O[Si](C)(C)O[Si](C)(C)O[Si](C)(C)O[Si](C)(C)O[Si](C)(C)O[Si](C)(C)O[Si](C)(C)O[Si](C)(C)O[Si](C)(C)O[Si](C)(C)O[Si](C)(C)O[Si](C)(C)O[Si](C)(C)O[Si](C)(C)O[Si](C)(C)O[SiH2]C. The van der Waals surface area contributed by atoms with Crippen LogP contribution in [0.25, 0.3) is 0 Å². The number of hydrogen-bond acceptors (Lipinski definition) is 27. The van der Waals surface area contributed by atoms with Crippen molar-refractivity contribution in [3.05, 3.63) is 12.2 Å². The Morgan fingerprint density at radius 2 is 0.422 bits per heavy atom. The number of rotatable bonds is 54. The summed E-state index contributed by atoms with van der Waals surface area (Å²) in [6.45, 7) is 102. The van der Waals surface area contributed by atoms with Gasteiger partial charge < -0.3 is 109 Å². The smallest absolute Gasteiger partial charge is 0.407 e. The van der Waals surface area contributed by atoms with Crippen LogP contribution in [0.2, 0.25) is 314 Å². The maximum absolute atomic E-state index is 12.2. The van der Waals surface area contributed by atoms with Gasteiger partial charge in [-0.05, 0) is 321 Å². The zero-order valence-electron chi connectivity index (χ0n) is 77.5. The normalized spacial score (nSPS) is 15.5. The number of amides is 1. The molecule has 0 fully saturated rings. The Morgan fingerprint density at radius 1 is 0.257 bits per heavy atom. The van der Waals surface area contributed by atoms with Gasteiger partial charge in [-0.3, -0.25) is 0 Å². The summed E-state index contributed by atoms with van der Waals surface area (Å²) in [4.78, 5) is 23.8. The Kier molecular flexibility index (Phi) is 41.4. The molecule has 52 heteroatoms. The first kappa shape index (κ1) is 112. The van der Waals surface area contributed by atoms with Crippen molar-refractivity contribution in [1.82, 2.24) is 5.32 Å². The van der Waals surface area contributed by atoms with Gasteiger partial charge in [0.2, 0.25) is 0 Å². The topological polar surface area (TPSA) is 277 Å². The minimum absolute atomic E-state index is 0.0297. The monoisotopic (exact) mass is 1960 g/mol. The molecule has 0 aromatic carbocycles. The average Bonchev–Trinajstić information content (AvgIpc) is 0.806. The van der Waals surface area contributed by atoms with Gasteiger partial charge in [0, 0.05) is 5.57 Å². The predicted octanol–water partition coefficient (Wildman–Crippen LogP) is 17.4. The summed E-state index contributed by atoms with van der Waals surface area (Å²) in [7, 11) is -65.1. The third-order valence-electron chi connectivity index (χ3n) is 13.4. The van der Waals surface area contributed by atoms with Gasteiger partial charge in [-0.15, -0.1) is 0 Å². The van der Waals surface area contributed by atoms with E-state index in [-0.39, 0.29) is 19.8 Å². The molecule has 0 rings (SSSR count). The van der Waals surface area contributed by atoms with Crippen molar-refractivity contribution in [2.24, 2.45) is 0 Å². The van der Waals surface area contributed by atoms with E-state index in [1.807, 2.05) is 196 Å². The molecule has 0 aliphatic heterocycles. The van der Waals surface area contributed by atoms with E-state index < -0.39 is 218 Å². The third-order valence-corrected chi connectivity index (χ3v) is 106. The minimum atomic E-state index is -2.92. The number of carbonyl (C=O) groups excluding carboxylic acids is 2. The molecule has 109 heavy (non-hydrogen) atoms. The van der Waals surface area contributed by atoms with Crippen molar-refractivity contribution in [1.29, 1.82) is 0 Å². The van der Waals surface area contributed by atoms with E-state index >= 15 is 0 Å². The van der Waals surface area contributed by atoms with Gasteiger partial charge in [-0.1, -0.05) is 13.1 Å². The number of hydrogen-bond donors (Lipinski definition) is 1. The maximum atomic E-state index is 12.2. The second-order valence-corrected chi connectivity index (χ2v) is 124. The quantitative estimate of drug-likeness (QED) is 0.0256. The molecule has 0 radical (unpaired) electrons. The molecular formula is C57H159NO27Si24. The molecule has 0 aliphatic rings. The zero-order chi connectivity index (χ0) is 86.9. The highest BCUT2D eigenvalue weighted by Crippen LogP contribution is 2.36. The molecule has 0 bridgehead atoms. The number of nitrogens with one attached hydrogen (secondary N) is 1. The molecule has 0 unspecified atom stereocenters. The van der Waals surface area contributed by atoms with Gasteiger partial charge in [-0.2, -0.15) is 0 Å². The lowest BCUT2D eigenvalue weighted by molar-refractivity contribution is -0.138. The first-order valence-corrected chi connectivity index (χ1v) is 105. The third kappa shape index (κ3) is 52.6. The Labute approximate surface area is 690 Å². The fourth-order valence-electron chi connectivity index (χ4n) is 15.1. The van der Waals surface area contributed by atoms with Crippen molar-refractivity contribution in [2.75, 3.05) is 19.8 Å². The van der Waals surface area contributed by atoms with Crippen LogP contribution in [0, 0.1) is 0 Å². The van der Waals surface area contributed by atoms with Gasteiger partial charge >= 0.3 is 200 Å². The fourth-order valence-corrected chi connectivity index (χ4v) is 136. The first-order valence-electron chi connectivity index (χ1n) is 38.1. The largest absolute Gasteiger partial charge is 0.460 e. The highest BCUT2D eigenvalue weighted by molar-refractivity contribution is 6.97. The summed E-state index contributed by atoms with van der Waals surface area (Å²) < 4.78 is 168. The van der Waals surface area contributed by atoms with E-state index in [0.29, 0.717) is 12.0 Å². The maximum Gasteiger partial charge on any atom is 0.407 e. The van der Waals surface area contributed by atoms with E-state index in [9.17, 15) is 9.59 Å². The lowest BCUT2D eigenvalue weighted by Gasteiger charge is -2.45.